The molecule has 0 spiro atoms. The number of carboxylic acid groups (broad SMARTS) is 1. The first-order valence-corrected chi connectivity index (χ1v) is 22.7. The lowest BCUT2D eigenvalue weighted by atomic mass is 10.0. The van der Waals surface area contributed by atoms with E-state index in [-0.39, 0.29) is 25.0 Å². The number of unbranched alkanes of at least 4 members (excludes halogenated alkanes) is 16. The number of aliphatic hydroxyl groups is 1. The van der Waals surface area contributed by atoms with Gasteiger partial charge >= 0.3 is 25.7 Å². The second kappa shape index (κ2) is 33.6. The summed E-state index contributed by atoms with van der Waals surface area (Å²) in [7, 11) is -4.76. The Labute approximate surface area is 336 Å². The minimum absolute atomic E-state index is 0.0183. The summed E-state index contributed by atoms with van der Waals surface area (Å²) < 4.78 is 38.2. The van der Waals surface area contributed by atoms with Crippen LogP contribution < -0.4 is 5.73 Å². The number of ether oxygens (including phenoxy) is 3. The van der Waals surface area contributed by atoms with Gasteiger partial charge in [-0.15, -0.1) is 0 Å². The van der Waals surface area contributed by atoms with Gasteiger partial charge in [0.2, 0.25) is 0 Å². The molecule has 6 atom stereocenters. The Kier molecular flexibility index (Phi) is 31.0. The highest BCUT2D eigenvalue weighted by Crippen LogP contribution is 2.43. The van der Waals surface area contributed by atoms with Gasteiger partial charge in [0.25, 0.3) is 0 Å². The van der Waals surface area contributed by atoms with Crippen LogP contribution >= 0.6 is 7.82 Å². The average molecular weight is 816 g/mol. The largest absolute Gasteiger partial charge is 0.480 e. The number of esters is 2. The van der Waals surface area contributed by atoms with E-state index in [1.54, 1.807) is 6.08 Å². The maximum atomic E-state index is 12.6. The van der Waals surface area contributed by atoms with Crippen molar-refractivity contribution in [2.45, 2.75) is 192 Å². The van der Waals surface area contributed by atoms with Crippen LogP contribution in [-0.2, 0) is 42.2 Å². The third-order valence-electron chi connectivity index (χ3n) is 9.32. The molecule has 0 amide bonds. The van der Waals surface area contributed by atoms with E-state index in [9.17, 15) is 28.9 Å². The molecule has 0 aromatic carbocycles. The van der Waals surface area contributed by atoms with Crippen LogP contribution in [0.3, 0.4) is 0 Å². The second-order valence-electron chi connectivity index (χ2n) is 14.7. The van der Waals surface area contributed by atoms with Crippen molar-refractivity contribution in [1.82, 2.24) is 0 Å². The highest BCUT2D eigenvalue weighted by molar-refractivity contribution is 7.47. The summed E-state index contributed by atoms with van der Waals surface area (Å²) in [5, 5.41) is 19.1. The molecule has 1 fully saturated rings. The first kappa shape index (κ1) is 51.6. The number of aliphatic carboxylic acids is 1. The molecule has 56 heavy (non-hydrogen) atoms. The van der Waals surface area contributed by atoms with Gasteiger partial charge in [-0.2, -0.15) is 0 Å². The minimum Gasteiger partial charge on any atom is -0.480 e. The number of epoxide rings is 1. The van der Waals surface area contributed by atoms with Crippen LogP contribution in [0.25, 0.3) is 0 Å². The Balaban J connectivity index is 2.38. The Bertz CT molecular complexity index is 1180. The number of phosphoric acid groups is 1. The van der Waals surface area contributed by atoms with Crippen molar-refractivity contribution in [2.75, 3.05) is 19.8 Å². The highest BCUT2D eigenvalue weighted by atomic mass is 31.2. The van der Waals surface area contributed by atoms with Gasteiger partial charge in [0.05, 0.1) is 25.4 Å². The number of hydrogen-bond donors (Lipinski definition) is 4. The lowest BCUT2D eigenvalue weighted by Gasteiger charge is -2.20. The number of carboxylic acids is 1. The van der Waals surface area contributed by atoms with E-state index < -0.39 is 63.8 Å². The van der Waals surface area contributed by atoms with Crippen molar-refractivity contribution in [3.63, 3.8) is 0 Å². The van der Waals surface area contributed by atoms with Crippen LogP contribution in [0.5, 0.6) is 0 Å². The molecular formula is C42H74NO12P. The van der Waals surface area contributed by atoms with Gasteiger partial charge in [0, 0.05) is 12.8 Å². The first-order chi connectivity index (χ1) is 27.0. The molecule has 1 saturated heterocycles. The van der Waals surface area contributed by atoms with Crippen molar-refractivity contribution in [3.05, 3.63) is 36.5 Å². The van der Waals surface area contributed by atoms with E-state index in [4.69, 9.17) is 29.6 Å². The molecule has 6 unspecified atom stereocenters. The lowest BCUT2D eigenvalue weighted by molar-refractivity contribution is -0.161. The fraction of sp³-hybridized carbons (Fsp3) is 0.786. The number of hydrogen-bond acceptors (Lipinski definition) is 11. The van der Waals surface area contributed by atoms with Crippen molar-refractivity contribution < 1.29 is 57.3 Å². The summed E-state index contributed by atoms with van der Waals surface area (Å²) >= 11 is 0. The summed E-state index contributed by atoms with van der Waals surface area (Å²) in [6.07, 6.45) is 32.6. The molecule has 1 rings (SSSR count). The Morgan fingerprint density at radius 2 is 1.29 bits per heavy atom. The lowest BCUT2D eigenvalue weighted by Crippen LogP contribution is -2.34. The number of carbonyl (C=O) groups excluding carboxylic acids is 2. The normalized spacial score (nSPS) is 18.3. The molecule has 1 aliphatic rings. The van der Waals surface area contributed by atoms with Gasteiger partial charge in [0.15, 0.2) is 6.10 Å². The number of carbonyl (C=O) groups is 3. The maximum absolute atomic E-state index is 12.6. The number of aliphatic hydroxyl groups excluding tert-OH is 1. The zero-order valence-corrected chi connectivity index (χ0v) is 35.2. The molecule has 0 aliphatic carbocycles. The van der Waals surface area contributed by atoms with Gasteiger partial charge < -0.3 is 35.1 Å². The van der Waals surface area contributed by atoms with Crippen molar-refractivity contribution in [3.8, 4) is 0 Å². The van der Waals surface area contributed by atoms with E-state index in [1.165, 1.54) is 77.0 Å². The van der Waals surface area contributed by atoms with Crippen molar-refractivity contribution in [2.24, 2.45) is 5.73 Å². The van der Waals surface area contributed by atoms with E-state index in [2.05, 4.69) is 30.5 Å². The number of allylic oxidation sites excluding steroid dienone is 2. The highest BCUT2D eigenvalue weighted by Gasteiger charge is 2.35. The predicted octanol–water partition coefficient (Wildman–Crippen LogP) is 8.80. The van der Waals surface area contributed by atoms with Gasteiger partial charge in [0.1, 0.15) is 18.8 Å². The van der Waals surface area contributed by atoms with Gasteiger partial charge in [-0.1, -0.05) is 140 Å². The molecule has 0 saturated carbocycles. The van der Waals surface area contributed by atoms with Crippen LogP contribution in [0.15, 0.2) is 36.5 Å². The van der Waals surface area contributed by atoms with Crippen LogP contribution in [0.4, 0.5) is 0 Å². The van der Waals surface area contributed by atoms with Crippen LogP contribution in [-0.4, -0.2) is 83.3 Å². The molecule has 13 nitrogen and oxygen atoms in total. The summed E-state index contributed by atoms with van der Waals surface area (Å²) in [5.41, 5.74) is 5.32. The zero-order valence-electron chi connectivity index (χ0n) is 34.3. The molecule has 1 aliphatic heterocycles. The van der Waals surface area contributed by atoms with Gasteiger partial charge in [-0.05, 0) is 44.9 Å². The smallest absolute Gasteiger partial charge is 0.472 e. The number of rotatable bonds is 38. The van der Waals surface area contributed by atoms with Crippen molar-refractivity contribution in [1.29, 1.82) is 0 Å². The zero-order chi connectivity index (χ0) is 41.3. The first-order valence-electron chi connectivity index (χ1n) is 21.2. The maximum Gasteiger partial charge on any atom is 0.472 e. The fourth-order valence-electron chi connectivity index (χ4n) is 5.78. The van der Waals surface area contributed by atoms with Gasteiger partial charge in [-0.3, -0.25) is 23.4 Å². The van der Waals surface area contributed by atoms with Crippen LogP contribution in [0.2, 0.25) is 0 Å². The van der Waals surface area contributed by atoms with E-state index in [1.807, 2.05) is 18.2 Å². The third-order valence-corrected chi connectivity index (χ3v) is 10.3. The molecule has 324 valence electrons. The topological polar surface area (TPSA) is 204 Å². The molecular weight excluding hydrogens is 741 g/mol. The van der Waals surface area contributed by atoms with E-state index in [0.717, 1.165) is 32.1 Å². The summed E-state index contributed by atoms with van der Waals surface area (Å²) in [5.74, 6) is -2.54. The molecule has 0 aromatic heterocycles. The van der Waals surface area contributed by atoms with Crippen molar-refractivity contribution >= 4 is 25.7 Å². The SMILES string of the molecule is CCCCC/C=C/CC1OC1/C=C\C(O)C/C=C/CCCC(=O)OC(COC(=O)CCCCCCCCCCCCCCC)COP(=O)(O)OCC(N)C(=O)O. The van der Waals surface area contributed by atoms with Crippen LogP contribution in [0, 0.1) is 0 Å². The Morgan fingerprint density at radius 3 is 1.93 bits per heavy atom. The quantitative estimate of drug-likeness (QED) is 0.0151. The summed E-state index contributed by atoms with van der Waals surface area (Å²) in [6, 6.07) is -1.55. The average Bonchev–Trinajstić information content (AvgIpc) is 3.93. The molecule has 14 heteroatoms. The summed E-state index contributed by atoms with van der Waals surface area (Å²) in [4.78, 5) is 45.9. The Hall–Kier alpha value is -2.38. The number of phosphoric ester groups is 1. The molecule has 1 heterocycles. The molecule has 0 aromatic rings. The predicted molar refractivity (Wildman–Crippen MR) is 218 cm³/mol. The second-order valence-corrected chi connectivity index (χ2v) is 16.1. The molecule has 0 radical (unpaired) electrons. The fourth-order valence-corrected chi connectivity index (χ4v) is 6.55. The number of nitrogens with two attached hydrogens (primary N) is 1. The molecule has 5 N–H and O–H groups in total. The van der Waals surface area contributed by atoms with Crippen LogP contribution in [0.1, 0.15) is 162 Å². The Morgan fingerprint density at radius 1 is 0.732 bits per heavy atom. The van der Waals surface area contributed by atoms with Gasteiger partial charge in [-0.25, -0.2) is 4.57 Å². The standard InChI is InChI=1S/C42H74NO12P/c1-3-5-7-9-11-12-13-14-15-16-17-19-24-28-40(45)51-32-36(33-52-56(49,50)53-34-37(43)42(47)48)54-41(46)29-25-21-20-22-26-35(44)30-31-39-38(55-39)27-23-18-10-8-6-4-2/h18,20,22-23,30-31,35-39,44H,3-17,19,21,24-29,32-34,43H2,1-2H3,(H,47,48)(H,49,50)/b22-20+,23-18+,31-30-. The van der Waals surface area contributed by atoms with E-state index in [0.29, 0.717) is 25.7 Å². The summed E-state index contributed by atoms with van der Waals surface area (Å²) in [6.45, 7) is 2.60. The minimum atomic E-state index is -4.76. The molecule has 0 bridgehead atoms. The monoisotopic (exact) mass is 815 g/mol. The van der Waals surface area contributed by atoms with E-state index >= 15 is 0 Å². The third kappa shape index (κ3) is 30.7.